The van der Waals surface area contributed by atoms with Gasteiger partial charge in [0.1, 0.15) is 0 Å². The molecule has 2 aromatic rings. The summed E-state index contributed by atoms with van der Waals surface area (Å²) in [7, 11) is 1.88. The van der Waals surface area contributed by atoms with E-state index in [1.54, 1.807) is 0 Å². The SMILES string of the molecule is CNC(C)(C)c1nc2nc(C)ccc2o1. The summed E-state index contributed by atoms with van der Waals surface area (Å²) in [5.74, 6) is 0.665. The topological polar surface area (TPSA) is 51.0 Å². The number of rotatable bonds is 2. The van der Waals surface area contributed by atoms with Gasteiger partial charge in [-0.2, -0.15) is 4.98 Å². The van der Waals surface area contributed by atoms with Crippen LogP contribution >= 0.6 is 0 Å². The number of nitrogens with one attached hydrogen (secondary N) is 1. The van der Waals surface area contributed by atoms with E-state index in [1.807, 2.05) is 40.0 Å². The maximum Gasteiger partial charge on any atom is 0.216 e. The molecular formula is C11H15N3O. The van der Waals surface area contributed by atoms with E-state index in [0.29, 0.717) is 11.5 Å². The predicted octanol–water partition coefficient (Wildman–Crippen LogP) is 1.99. The number of hydrogen-bond donors (Lipinski definition) is 1. The summed E-state index contributed by atoms with van der Waals surface area (Å²) >= 11 is 0. The lowest BCUT2D eigenvalue weighted by molar-refractivity contribution is 0.338. The van der Waals surface area contributed by atoms with Crippen LogP contribution in [0.1, 0.15) is 25.4 Å². The first-order valence-corrected chi connectivity index (χ1v) is 4.96. The molecule has 1 N–H and O–H groups in total. The molecule has 0 aliphatic heterocycles. The van der Waals surface area contributed by atoms with Crippen molar-refractivity contribution in [2.45, 2.75) is 26.3 Å². The van der Waals surface area contributed by atoms with Gasteiger partial charge in [0.05, 0.1) is 5.54 Å². The van der Waals surface area contributed by atoms with Gasteiger partial charge in [-0.05, 0) is 40.0 Å². The molecule has 0 aliphatic rings. The highest BCUT2D eigenvalue weighted by atomic mass is 16.4. The Labute approximate surface area is 88.7 Å². The molecule has 0 aliphatic carbocycles. The normalized spacial score (nSPS) is 12.3. The van der Waals surface area contributed by atoms with E-state index in [2.05, 4.69) is 15.3 Å². The average Bonchev–Trinajstić information content (AvgIpc) is 2.61. The molecule has 0 aromatic carbocycles. The Morgan fingerprint density at radius 2 is 2.00 bits per heavy atom. The summed E-state index contributed by atoms with van der Waals surface area (Å²) in [6.07, 6.45) is 0. The van der Waals surface area contributed by atoms with Gasteiger partial charge in [0.25, 0.3) is 0 Å². The fourth-order valence-corrected chi connectivity index (χ4v) is 1.29. The van der Waals surface area contributed by atoms with Crippen molar-refractivity contribution >= 4 is 11.2 Å². The number of nitrogens with zero attached hydrogens (tertiary/aromatic N) is 2. The minimum absolute atomic E-state index is 0.269. The molecule has 15 heavy (non-hydrogen) atoms. The lowest BCUT2D eigenvalue weighted by Gasteiger charge is -2.18. The van der Waals surface area contributed by atoms with Crippen molar-refractivity contribution in [3.05, 3.63) is 23.7 Å². The van der Waals surface area contributed by atoms with Crippen LogP contribution in [-0.4, -0.2) is 17.0 Å². The quantitative estimate of drug-likeness (QED) is 0.814. The van der Waals surface area contributed by atoms with Gasteiger partial charge in [0.15, 0.2) is 11.2 Å². The van der Waals surface area contributed by atoms with Crippen LogP contribution < -0.4 is 5.32 Å². The van der Waals surface area contributed by atoms with Crippen molar-refractivity contribution < 1.29 is 4.42 Å². The third-order valence-electron chi connectivity index (χ3n) is 2.55. The van der Waals surface area contributed by atoms with E-state index in [1.165, 1.54) is 0 Å². The van der Waals surface area contributed by atoms with E-state index in [0.717, 1.165) is 11.3 Å². The smallest absolute Gasteiger partial charge is 0.216 e. The van der Waals surface area contributed by atoms with Gasteiger partial charge in [0.2, 0.25) is 5.89 Å². The Balaban J connectivity index is 2.56. The monoisotopic (exact) mass is 205 g/mol. The second-order valence-corrected chi connectivity index (χ2v) is 4.17. The highest BCUT2D eigenvalue weighted by molar-refractivity contribution is 5.67. The zero-order chi connectivity index (χ0) is 11.1. The predicted molar refractivity (Wildman–Crippen MR) is 58.6 cm³/mol. The molecule has 0 bridgehead atoms. The largest absolute Gasteiger partial charge is 0.437 e. The first-order chi connectivity index (χ1) is 7.03. The van der Waals surface area contributed by atoms with Crippen molar-refractivity contribution in [2.24, 2.45) is 0 Å². The first-order valence-electron chi connectivity index (χ1n) is 4.96. The molecular weight excluding hydrogens is 190 g/mol. The number of hydrogen-bond acceptors (Lipinski definition) is 4. The van der Waals surface area contributed by atoms with Crippen LogP contribution in [0.3, 0.4) is 0 Å². The summed E-state index contributed by atoms with van der Waals surface area (Å²) in [6, 6.07) is 3.82. The van der Waals surface area contributed by atoms with E-state index in [9.17, 15) is 0 Å². The zero-order valence-corrected chi connectivity index (χ0v) is 9.46. The Morgan fingerprint density at radius 3 is 2.67 bits per heavy atom. The Kier molecular flexibility index (Phi) is 2.23. The molecule has 4 nitrogen and oxygen atoms in total. The van der Waals surface area contributed by atoms with E-state index in [-0.39, 0.29) is 5.54 Å². The molecule has 0 spiro atoms. The number of pyridine rings is 1. The van der Waals surface area contributed by atoms with Crippen LogP contribution in [-0.2, 0) is 5.54 Å². The minimum atomic E-state index is -0.269. The highest BCUT2D eigenvalue weighted by Gasteiger charge is 2.24. The zero-order valence-electron chi connectivity index (χ0n) is 9.46. The van der Waals surface area contributed by atoms with Gasteiger partial charge in [-0.3, -0.25) is 0 Å². The van der Waals surface area contributed by atoms with Crippen molar-refractivity contribution in [1.29, 1.82) is 0 Å². The molecule has 0 unspecified atom stereocenters. The number of fused-ring (bicyclic) bond motifs is 1. The summed E-state index contributed by atoms with van der Waals surface area (Å²) < 4.78 is 5.64. The van der Waals surface area contributed by atoms with Gasteiger partial charge in [-0.1, -0.05) is 0 Å². The lowest BCUT2D eigenvalue weighted by atomic mass is 10.1. The lowest BCUT2D eigenvalue weighted by Crippen LogP contribution is -2.33. The first kappa shape index (κ1) is 10.1. The Hall–Kier alpha value is -1.42. The molecule has 2 rings (SSSR count). The van der Waals surface area contributed by atoms with E-state index in [4.69, 9.17) is 4.42 Å². The number of oxazole rings is 1. The summed E-state index contributed by atoms with van der Waals surface area (Å²) in [5, 5.41) is 3.15. The van der Waals surface area contributed by atoms with Crippen molar-refractivity contribution in [1.82, 2.24) is 15.3 Å². The van der Waals surface area contributed by atoms with Crippen LogP contribution in [0.25, 0.3) is 11.2 Å². The molecule has 0 fully saturated rings. The van der Waals surface area contributed by atoms with Crippen molar-refractivity contribution in [2.75, 3.05) is 7.05 Å². The average molecular weight is 205 g/mol. The molecule has 0 saturated heterocycles. The molecule has 80 valence electrons. The Morgan fingerprint density at radius 1 is 1.27 bits per heavy atom. The number of aryl methyl sites for hydroxylation is 1. The summed E-state index contributed by atoms with van der Waals surface area (Å²) in [5.41, 5.74) is 2.09. The maximum atomic E-state index is 5.64. The Bertz CT molecular complexity index is 488. The van der Waals surface area contributed by atoms with Crippen LogP contribution in [0.2, 0.25) is 0 Å². The van der Waals surface area contributed by atoms with Gasteiger partial charge >= 0.3 is 0 Å². The second-order valence-electron chi connectivity index (χ2n) is 4.17. The van der Waals surface area contributed by atoms with Gasteiger partial charge < -0.3 is 9.73 Å². The minimum Gasteiger partial charge on any atom is -0.437 e. The van der Waals surface area contributed by atoms with E-state index < -0.39 is 0 Å². The third-order valence-corrected chi connectivity index (χ3v) is 2.55. The summed E-state index contributed by atoms with van der Waals surface area (Å²) in [4.78, 5) is 8.69. The van der Waals surface area contributed by atoms with Gasteiger partial charge in [-0.25, -0.2) is 4.98 Å². The fourth-order valence-electron chi connectivity index (χ4n) is 1.29. The highest BCUT2D eigenvalue weighted by Crippen LogP contribution is 2.22. The van der Waals surface area contributed by atoms with Crippen LogP contribution in [0.5, 0.6) is 0 Å². The summed E-state index contributed by atoms with van der Waals surface area (Å²) in [6.45, 7) is 5.98. The second kappa shape index (κ2) is 3.31. The van der Waals surface area contributed by atoms with Crippen LogP contribution in [0.15, 0.2) is 16.5 Å². The molecule has 2 aromatic heterocycles. The molecule has 0 amide bonds. The van der Waals surface area contributed by atoms with Gasteiger partial charge in [0, 0.05) is 5.69 Å². The standard InChI is InChI=1S/C11H15N3O/c1-7-5-6-8-9(13-7)14-10(15-8)11(2,3)12-4/h5-6,12H,1-4H3. The molecule has 0 saturated carbocycles. The van der Waals surface area contributed by atoms with Crippen molar-refractivity contribution in [3.8, 4) is 0 Å². The van der Waals surface area contributed by atoms with Crippen LogP contribution in [0, 0.1) is 6.92 Å². The number of aromatic nitrogens is 2. The van der Waals surface area contributed by atoms with E-state index >= 15 is 0 Å². The molecule has 0 atom stereocenters. The third kappa shape index (κ3) is 1.72. The molecule has 0 radical (unpaired) electrons. The van der Waals surface area contributed by atoms with Crippen LogP contribution in [0.4, 0.5) is 0 Å². The van der Waals surface area contributed by atoms with Gasteiger partial charge in [-0.15, -0.1) is 0 Å². The fraction of sp³-hybridized carbons (Fsp3) is 0.455. The van der Waals surface area contributed by atoms with Crippen molar-refractivity contribution in [3.63, 3.8) is 0 Å². The maximum absolute atomic E-state index is 5.64. The molecule has 4 heteroatoms. The molecule has 2 heterocycles.